The largest absolute Gasteiger partial charge is 0.399 e. The van der Waals surface area contributed by atoms with Crippen molar-refractivity contribution in [1.29, 1.82) is 0 Å². The van der Waals surface area contributed by atoms with Crippen LogP contribution in [-0.2, 0) is 16.3 Å². The summed E-state index contributed by atoms with van der Waals surface area (Å²) in [7, 11) is 1.89. The molecule has 0 aromatic heterocycles. The normalized spacial score (nSPS) is 11.2. The van der Waals surface area contributed by atoms with E-state index in [1.54, 1.807) is 36.4 Å². The third-order valence-electron chi connectivity index (χ3n) is 2.63. The Bertz CT molecular complexity index is 652. The molecule has 2 rings (SSSR count). The fourth-order valence-electron chi connectivity index (χ4n) is 1.57. The van der Waals surface area contributed by atoms with E-state index < -0.39 is 10.0 Å². The van der Waals surface area contributed by atoms with Crippen LogP contribution >= 0.6 is 0 Å². The van der Waals surface area contributed by atoms with Gasteiger partial charge in [0.05, 0.1) is 12.7 Å². The van der Waals surface area contributed by atoms with Gasteiger partial charge in [0.15, 0.2) is 0 Å². The Hall–Kier alpha value is -1.95. The molecule has 19 heavy (non-hydrogen) atoms. The highest BCUT2D eigenvalue weighted by Crippen LogP contribution is 2.17. The van der Waals surface area contributed by atoms with Gasteiger partial charge in [0.25, 0.3) is 10.0 Å². The van der Waals surface area contributed by atoms with Crippen LogP contribution in [0.2, 0.25) is 0 Å². The van der Waals surface area contributed by atoms with E-state index >= 15 is 0 Å². The number of hydrogen-bond donors (Lipinski definition) is 2. The van der Waals surface area contributed by atoms with Crippen molar-refractivity contribution in [2.45, 2.75) is 11.2 Å². The lowest BCUT2D eigenvalue weighted by atomic mass is 9.97. The lowest BCUT2D eigenvalue weighted by molar-refractivity contribution is 0.601. The summed E-state index contributed by atoms with van der Waals surface area (Å²) in [5, 5.41) is 0. The quantitative estimate of drug-likeness (QED) is 0.657. The van der Waals surface area contributed by atoms with Crippen LogP contribution in [0.3, 0.4) is 0 Å². The van der Waals surface area contributed by atoms with Crippen molar-refractivity contribution in [1.82, 2.24) is 0 Å². The molecule has 0 aliphatic carbocycles. The van der Waals surface area contributed by atoms with E-state index in [0.29, 0.717) is 17.7 Å². The number of hydrogen-bond acceptors (Lipinski definition) is 3. The molecule has 2 radical (unpaired) electrons. The van der Waals surface area contributed by atoms with Gasteiger partial charge in [0.2, 0.25) is 0 Å². The monoisotopic (exact) mass is 272 g/mol. The fraction of sp³-hybridized carbons (Fsp3) is 0.0769. The molecular formula is C13H13BN2O2S. The molecule has 6 heteroatoms. The molecule has 4 nitrogen and oxygen atoms in total. The Morgan fingerprint density at radius 1 is 1.00 bits per heavy atom. The van der Waals surface area contributed by atoms with E-state index in [9.17, 15) is 8.42 Å². The van der Waals surface area contributed by atoms with Crippen molar-refractivity contribution < 1.29 is 8.42 Å². The van der Waals surface area contributed by atoms with Crippen molar-refractivity contribution in [3.05, 3.63) is 54.1 Å². The average Bonchev–Trinajstić information content (AvgIpc) is 2.41. The maximum absolute atomic E-state index is 12.1. The Morgan fingerprint density at radius 3 is 2.11 bits per heavy atom. The van der Waals surface area contributed by atoms with Gasteiger partial charge in [-0.3, -0.25) is 4.72 Å². The number of nitrogen functional groups attached to an aromatic ring is 1. The number of rotatable bonds is 4. The molecule has 2 aromatic carbocycles. The predicted octanol–water partition coefficient (Wildman–Crippen LogP) is 1.74. The fourth-order valence-corrected chi connectivity index (χ4v) is 2.63. The van der Waals surface area contributed by atoms with Crippen LogP contribution in [0.4, 0.5) is 11.4 Å². The highest BCUT2D eigenvalue weighted by Gasteiger charge is 2.13. The zero-order valence-corrected chi connectivity index (χ0v) is 11.0. The molecule has 0 aliphatic heterocycles. The molecule has 0 spiro atoms. The maximum Gasteiger partial charge on any atom is 0.261 e. The summed E-state index contributed by atoms with van der Waals surface area (Å²) in [5.41, 5.74) is 7.47. The van der Waals surface area contributed by atoms with E-state index in [4.69, 9.17) is 13.6 Å². The first-order valence-electron chi connectivity index (χ1n) is 5.68. The maximum atomic E-state index is 12.1. The minimum atomic E-state index is -3.58. The van der Waals surface area contributed by atoms with Crippen LogP contribution in [0.25, 0.3) is 0 Å². The number of anilines is 2. The molecule has 0 atom stereocenters. The standard InChI is InChI=1S/C13H13BN2O2S/c14-9-10-1-7-13(8-2-10)19(17,18)16-12-5-3-11(15)4-6-12/h1-8,16H,9,15H2. The summed E-state index contributed by atoms with van der Waals surface area (Å²) in [6.45, 7) is 0. The van der Waals surface area contributed by atoms with Gasteiger partial charge in [0.1, 0.15) is 0 Å². The molecule has 2 aromatic rings. The second kappa shape index (κ2) is 5.36. The molecule has 0 saturated heterocycles. The molecule has 3 N–H and O–H groups in total. The molecule has 0 aliphatic rings. The molecule has 0 heterocycles. The molecule has 0 saturated carbocycles. The molecule has 0 amide bonds. The van der Waals surface area contributed by atoms with Crippen LogP contribution in [0.1, 0.15) is 5.56 Å². The molecule has 0 unspecified atom stereocenters. The molecule has 0 bridgehead atoms. The summed E-state index contributed by atoms with van der Waals surface area (Å²) in [5.74, 6) is 0. The summed E-state index contributed by atoms with van der Waals surface area (Å²) >= 11 is 0. The number of nitrogens with one attached hydrogen (secondary N) is 1. The number of benzene rings is 2. The summed E-state index contributed by atoms with van der Waals surface area (Å²) < 4.78 is 26.7. The average molecular weight is 272 g/mol. The van der Waals surface area contributed by atoms with Gasteiger partial charge in [-0.2, -0.15) is 0 Å². The summed E-state index contributed by atoms with van der Waals surface area (Å²) in [4.78, 5) is 0.196. The van der Waals surface area contributed by atoms with Gasteiger partial charge in [0, 0.05) is 11.4 Å². The highest BCUT2D eigenvalue weighted by molar-refractivity contribution is 7.92. The first kappa shape index (κ1) is 13.5. The Morgan fingerprint density at radius 2 is 1.58 bits per heavy atom. The lowest BCUT2D eigenvalue weighted by Gasteiger charge is -2.08. The van der Waals surface area contributed by atoms with Crippen LogP contribution in [0.5, 0.6) is 0 Å². The topological polar surface area (TPSA) is 72.2 Å². The third kappa shape index (κ3) is 3.29. The SMILES string of the molecule is [B]Cc1ccc(S(=O)(=O)Nc2ccc(N)cc2)cc1. The van der Waals surface area contributed by atoms with Crippen LogP contribution in [-0.4, -0.2) is 16.3 Å². The highest BCUT2D eigenvalue weighted by atomic mass is 32.2. The van der Waals surface area contributed by atoms with Crippen molar-refractivity contribution in [2.75, 3.05) is 10.5 Å². The van der Waals surface area contributed by atoms with Crippen molar-refractivity contribution >= 4 is 29.2 Å². The van der Waals surface area contributed by atoms with Gasteiger partial charge in [-0.05, 0) is 36.4 Å². The summed E-state index contributed by atoms with van der Waals surface area (Å²) in [6, 6.07) is 12.9. The van der Waals surface area contributed by atoms with Crippen molar-refractivity contribution in [2.24, 2.45) is 0 Å². The Kier molecular flexibility index (Phi) is 3.80. The molecule has 0 fully saturated rings. The van der Waals surface area contributed by atoms with E-state index in [1.165, 1.54) is 12.1 Å². The van der Waals surface area contributed by atoms with Crippen LogP contribution < -0.4 is 10.5 Å². The molecular weight excluding hydrogens is 259 g/mol. The van der Waals surface area contributed by atoms with Gasteiger partial charge in [-0.25, -0.2) is 8.42 Å². The van der Waals surface area contributed by atoms with E-state index in [2.05, 4.69) is 4.72 Å². The number of nitrogens with two attached hydrogens (primary N) is 1. The van der Waals surface area contributed by atoms with Crippen LogP contribution in [0, 0.1) is 0 Å². The van der Waals surface area contributed by atoms with Crippen molar-refractivity contribution in [3.8, 4) is 0 Å². The van der Waals surface area contributed by atoms with Gasteiger partial charge in [-0.1, -0.05) is 24.0 Å². The van der Waals surface area contributed by atoms with Gasteiger partial charge < -0.3 is 5.73 Å². The van der Waals surface area contributed by atoms with Crippen molar-refractivity contribution in [3.63, 3.8) is 0 Å². The van der Waals surface area contributed by atoms with E-state index in [1.807, 2.05) is 0 Å². The zero-order chi connectivity index (χ0) is 13.9. The minimum Gasteiger partial charge on any atom is -0.399 e. The van der Waals surface area contributed by atoms with E-state index in [0.717, 1.165) is 5.56 Å². The first-order valence-corrected chi connectivity index (χ1v) is 7.17. The third-order valence-corrected chi connectivity index (χ3v) is 4.03. The van der Waals surface area contributed by atoms with Crippen LogP contribution in [0.15, 0.2) is 53.4 Å². The van der Waals surface area contributed by atoms with E-state index in [-0.39, 0.29) is 4.90 Å². The Balaban J connectivity index is 2.24. The minimum absolute atomic E-state index is 0.196. The zero-order valence-electron chi connectivity index (χ0n) is 10.2. The summed E-state index contributed by atoms with van der Waals surface area (Å²) in [6.07, 6.45) is 0.381. The smallest absolute Gasteiger partial charge is 0.261 e. The number of sulfonamides is 1. The second-order valence-corrected chi connectivity index (χ2v) is 5.76. The lowest BCUT2D eigenvalue weighted by Crippen LogP contribution is -2.12. The predicted molar refractivity (Wildman–Crippen MR) is 77.6 cm³/mol. The second-order valence-electron chi connectivity index (χ2n) is 4.08. The Labute approximate surface area is 114 Å². The first-order chi connectivity index (χ1) is 9.01. The van der Waals surface area contributed by atoms with Gasteiger partial charge >= 0.3 is 0 Å². The van der Waals surface area contributed by atoms with Gasteiger partial charge in [-0.15, -0.1) is 0 Å². The molecule has 96 valence electrons.